The van der Waals surface area contributed by atoms with Crippen LogP contribution in [0.5, 0.6) is 0 Å². The zero-order valence-electron chi connectivity index (χ0n) is 12.6. The molecule has 3 nitrogen and oxygen atoms in total. The van der Waals surface area contributed by atoms with Gasteiger partial charge < -0.3 is 10.2 Å². The van der Waals surface area contributed by atoms with Crippen LogP contribution in [0.3, 0.4) is 0 Å². The van der Waals surface area contributed by atoms with Gasteiger partial charge in [-0.1, -0.05) is 24.3 Å². The van der Waals surface area contributed by atoms with Crippen molar-refractivity contribution in [3.05, 3.63) is 35.4 Å². The number of piperidine rings is 1. The number of nitrogens with zero attached hydrogens (tertiary/aromatic N) is 1. The molecule has 1 amide bonds. The van der Waals surface area contributed by atoms with E-state index in [0.717, 1.165) is 39.0 Å². The van der Waals surface area contributed by atoms with Crippen LogP contribution in [0.4, 0.5) is 0 Å². The van der Waals surface area contributed by atoms with E-state index in [-0.39, 0.29) is 5.92 Å². The van der Waals surface area contributed by atoms with Crippen LogP contribution in [0, 0.1) is 5.41 Å². The van der Waals surface area contributed by atoms with E-state index in [1.54, 1.807) is 0 Å². The van der Waals surface area contributed by atoms with Crippen LogP contribution in [0.1, 0.15) is 42.7 Å². The Morgan fingerprint density at radius 2 is 2.00 bits per heavy atom. The van der Waals surface area contributed by atoms with E-state index in [0.29, 0.717) is 11.3 Å². The zero-order valence-corrected chi connectivity index (χ0v) is 12.6. The number of hydrogen-bond acceptors (Lipinski definition) is 2. The van der Waals surface area contributed by atoms with Gasteiger partial charge in [0.1, 0.15) is 0 Å². The van der Waals surface area contributed by atoms with Crippen LogP contribution in [0.25, 0.3) is 0 Å². The summed E-state index contributed by atoms with van der Waals surface area (Å²) in [4.78, 5) is 15.0. The molecule has 0 bridgehead atoms. The maximum Gasteiger partial charge on any atom is 0.230 e. The topological polar surface area (TPSA) is 32.3 Å². The van der Waals surface area contributed by atoms with Crippen LogP contribution in [0.2, 0.25) is 0 Å². The molecule has 1 spiro atoms. The van der Waals surface area contributed by atoms with Crippen molar-refractivity contribution >= 4 is 5.91 Å². The maximum absolute atomic E-state index is 12.9. The van der Waals surface area contributed by atoms with Crippen LogP contribution in [-0.4, -0.2) is 37.0 Å². The Hall–Kier alpha value is -1.35. The van der Waals surface area contributed by atoms with Gasteiger partial charge >= 0.3 is 0 Å². The summed E-state index contributed by atoms with van der Waals surface area (Å²) in [5, 5.41) is 3.49. The molecule has 0 saturated carbocycles. The molecule has 0 radical (unpaired) electrons. The third-order valence-corrected chi connectivity index (χ3v) is 5.90. The lowest BCUT2D eigenvalue weighted by Gasteiger charge is -2.39. The van der Waals surface area contributed by atoms with Crippen molar-refractivity contribution < 1.29 is 4.79 Å². The van der Waals surface area contributed by atoms with E-state index in [1.807, 2.05) is 0 Å². The Labute approximate surface area is 126 Å². The Morgan fingerprint density at radius 3 is 2.76 bits per heavy atom. The lowest BCUT2D eigenvalue weighted by Crippen LogP contribution is -2.45. The molecule has 1 N–H and O–H groups in total. The molecule has 2 saturated heterocycles. The number of carbonyl (C=O) groups is 1. The van der Waals surface area contributed by atoms with Crippen molar-refractivity contribution in [3.63, 3.8) is 0 Å². The van der Waals surface area contributed by atoms with Crippen molar-refractivity contribution in [1.29, 1.82) is 0 Å². The molecule has 2 heterocycles. The van der Waals surface area contributed by atoms with Gasteiger partial charge in [0.15, 0.2) is 0 Å². The van der Waals surface area contributed by atoms with Gasteiger partial charge in [0.2, 0.25) is 5.91 Å². The molecule has 4 rings (SSSR count). The van der Waals surface area contributed by atoms with Crippen molar-refractivity contribution in [2.24, 2.45) is 5.41 Å². The summed E-state index contributed by atoms with van der Waals surface area (Å²) in [7, 11) is 0. The number of likely N-dealkylation sites (tertiary alicyclic amines) is 1. The number of fused-ring (bicyclic) bond motifs is 1. The molecule has 1 aromatic carbocycles. The second-order valence-corrected chi connectivity index (χ2v) is 7.04. The second kappa shape index (κ2) is 5.13. The van der Waals surface area contributed by atoms with Gasteiger partial charge in [-0.2, -0.15) is 0 Å². The van der Waals surface area contributed by atoms with E-state index in [2.05, 4.69) is 34.5 Å². The van der Waals surface area contributed by atoms with Gasteiger partial charge in [-0.15, -0.1) is 0 Å². The van der Waals surface area contributed by atoms with E-state index >= 15 is 0 Å². The smallest absolute Gasteiger partial charge is 0.230 e. The average Bonchev–Trinajstić information content (AvgIpc) is 3.15. The SMILES string of the molecule is O=C(C1CCc2ccccc21)N1CCC2(CCNC2)CC1. The molecule has 3 heteroatoms. The van der Waals surface area contributed by atoms with Crippen LogP contribution in [0.15, 0.2) is 24.3 Å². The largest absolute Gasteiger partial charge is 0.342 e. The normalized spacial score (nSPS) is 27.0. The molecule has 2 aliphatic heterocycles. The highest BCUT2D eigenvalue weighted by atomic mass is 16.2. The molecule has 1 aromatic rings. The quantitative estimate of drug-likeness (QED) is 0.858. The number of nitrogens with one attached hydrogen (secondary N) is 1. The summed E-state index contributed by atoms with van der Waals surface area (Å²) < 4.78 is 0. The number of rotatable bonds is 1. The Balaban J connectivity index is 1.45. The standard InChI is InChI=1S/C18H24N2O/c21-17(16-6-5-14-3-1-2-4-15(14)16)20-11-8-18(9-12-20)7-10-19-13-18/h1-4,16,19H,5-13H2. The molecule has 21 heavy (non-hydrogen) atoms. The summed E-state index contributed by atoms with van der Waals surface area (Å²) in [5.41, 5.74) is 3.15. The number of benzene rings is 1. The zero-order chi connectivity index (χ0) is 14.3. The molecular weight excluding hydrogens is 260 g/mol. The molecular formula is C18H24N2O. The van der Waals surface area contributed by atoms with Gasteiger partial charge in [0.05, 0.1) is 5.92 Å². The minimum absolute atomic E-state index is 0.122. The van der Waals surface area contributed by atoms with Crippen LogP contribution >= 0.6 is 0 Å². The van der Waals surface area contributed by atoms with E-state index in [1.165, 1.54) is 30.4 Å². The highest BCUT2D eigenvalue weighted by molar-refractivity contribution is 5.85. The van der Waals surface area contributed by atoms with Crippen molar-refractivity contribution in [1.82, 2.24) is 10.2 Å². The van der Waals surface area contributed by atoms with Crippen molar-refractivity contribution in [2.45, 2.75) is 38.0 Å². The van der Waals surface area contributed by atoms with Gasteiger partial charge in [0.25, 0.3) is 0 Å². The fourth-order valence-electron chi connectivity index (χ4n) is 4.46. The number of carbonyl (C=O) groups excluding carboxylic acids is 1. The van der Waals surface area contributed by atoms with Crippen LogP contribution < -0.4 is 5.32 Å². The first kappa shape index (κ1) is 13.3. The number of amides is 1. The monoisotopic (exact) mass is 284 g/mol. The second-order valence-electron chi connectivity index (χ2n) is 7.04. The summed E-state index contributed by atoms with van der Waals surface area (Å²) in [6.07, 6.45) is 5.72. The maximum atomic E-state index is 12.9. The number of aryl methyl sites for hydroxylation is 1. The van der Waals surface area contributed by atoms with Crippen molar-refractivity contribution in [2.75, 3.05) is 26.2 Å². The summed E-state index contributed by atoms with van der Waals surface area (Å²) in [5.74, 6) is 0.498. The number of hydrogen-bond donors (Lipinski definition) is 1. The predicted molar refractivity (Wildman–Crippen MR) is 83.2 cm³/mol. The minimum Gasteiger partial charge on any atom is -0.342 e. The van der Waals surface area contributed by atoms with E-state index in [4.69, 9.17) is 0 Å². The molecule has 1 atom stereocenters. The highest BCUT2D eigenvalue weighted by Crippen LogP contribution is 2.39. The summed E-state index contributed by atoms with van der Waals surface area (Å²) in [6.45, 7) is 4.23. The first-order valence-electron chi connectivity index (χ1n) is 8.35. The molecule has 0 aromatic heterocycles. The first-order valence-corrected chi connectivity index (χ1v) is 8.35. The lowest BCUT2D eigenvalue weighted by atomic mass is 9.77. The third-order valence-electron chi connectivity index (χ3n) is 5.90. The fraction of sp³-hybridized carbons (Fsp3) is 0.611. The summed E-state index contributed by atoms with van der Waals surface area (Å²) in [6, 6.07) is 8.48. The highest BCUT2D eigenvalue weighted by Gasteiger charge is 2.40. The fourth-order valence-corrected chi connectivity index (χ4v) is 4.46. The Kier molecular flexibility index (Phi) is 3.26. The predicted octanol–water partition coefficient (Wildman–Crippen LogP) is 2.32. The van der Waals surface area contributed by atoms with Crippen LogP contribution in [-0.2, 0) is 11.2 Å². The van der Waals surface area contributed by atoms with Gasteiger partial charge in [-0.05, 0) is 55.2 Å². The molecule has 1 aliphatic carbocycles. The Morgan fingerprint density at radius 1 is 1.19 bits per heavy atom. The molecule has 112 valence electrons. The van der Waals surface area contributed by atoms with Gasteiger partial charge in [-0.25, -0.2) is 0 Å². The Bertz CT molecular complexity index is 538. The minimum atomic E-state index is 0.122. The van der Waals surface area contributed by atoms with Gasteiger partial charge in [0, 0.05) is 19.6 Å². The summed E-state index contributed by atoms with van der Waals surface area (Å²) >= 11 is 0. The van der Waals surface area contributed by atoms with Gasteiger partial charge in [-0.3, -0.25) is 4.79 Å². The van der Waals surface area contributed by atoms with E-state index in [9.17, 15) is 4.79 Å². The van der Waals surface area contributed by atoms with E-state index < -0.39 is 0 Å². The average molecular weight is 284 g/mol. The van der Waals surface area contributed by atoms with Crippen molar-refractivity contribution in [3.8, 4) is 0 Å². The molecule has 1 unspecified atom stereocenters. The molecule has 2 fully saturated rings. The molecule has 3 aliphatic rings. The third kappa shape index (κ3) is 2.28. The lowest BCUT2D eigenvalue weighted by molar-refractivity contribution is -0.135. The first-order chi connectivity index (χ1) is 10.3.